The Morgan fingerprint density at radius 3 is 2.47 bits per heavy atom. The van der Waals surface area contributed by atoms with E-state index in [1.807, 2.05) is 0 Å². The Labute approximate surface area is 263 Å². The number of aromatic nitrogens is 4. The molecule has 190 valence electrons. The molecule has 2 aliphatic rings. The summed E-state index contributed by atoms with van der Waals surface area (Å²) in [6, 6.07) is 4.76. The van der Waals surface area contributed by atoms with Crippen LogP contribution in [0.25, 0.3) is 0 Å². The van der Waals surface area contributed by atoms with Crippen molar-refractivity contribution >= 4 is 35.5 Å². The largest absolute Gasteiger partial charge is 1.00 e. The summed E-state index contributed by atoms with van der Waals surface area (Å²) in [6.45, 7) is -0.265. The predicted octanol–water partition coefficient (Wildman–Crippen LogP) is -9.79. The molecule has 0 bridgehead atoms. The number of aliphatic carboxylic acids is 2. The number of aromatic hydroxyl groups is 1. The van der Waals surface area contributed by atoms with Gasteiger partial charge in [-0.3, -0.25) is 14.5 Å². The van der Waals surface area contributed by atoms with E-state index in [4.69, 9.17) is 9.47 Å². The fraction of sp³-hybridized carbons (Fsp3) is 0.350. The van der Waals surface area contributed by atoms with Gasteiger partial charge in [-0.1, -0.05) is 23.9 Å². The van der Waals surface area contributed by atoms with Crippen molar-refractivity contribution in [3.05, 3.63) is 41.1 Å². The molecule has 4 rings (SSSR count). The van der Waals surface area contributed by atoms with Crippen LogP contribution in [-0.4, -0.2) is 85.4 Å². The van der Waals surface area contributed by atoms with Gasteiger partial charge >= 0.3 is 59.1 Å². The van der Waals surface area contributed by atoms with Gasteiger partial charge in [0.15, 0.2) is 6.23 Å². The van der Waals surface area contributed by atoms with Crippen molar-refractivity contribution in [1.29, 1.82) is 0 Å². The number of carboxylic acid groups (broad SMARTS) is 2. The first-order valence-corrected chi connectivity index (χ1v) is 11.2. The van der Waals surface area contributed by atoms with Crippen LogP contribution < -0.4 is 74.6 Å². The van der Waals surface area contributed by atoms with Crippen molar-refractivity contribution in [3.8, 4) is 5.75 Å². The second-order valence-corrected chi connectivity index (χ2v) is 8.67. The number of carbonyl (C=O) groups is 4. The molecule has 1 fully saturated rings. The third kappa shape index (κ3) is 5.78. The number of β-lactam (4-membered cyclic amide) rings is 1. The van der Waals surface area contributed by atoms with Gasteiger partial charge < -0.3 is 39.7 Å². The standard InChI is InChI=1S/C20H20N6O9S.2Na/c1-25-19(22-23-24-25)36-8-10-7-35-18-20(34-2,17(33)26(18)13(10)16(31)32)21-14(28)12(15(29)30)9-3-5-11(27)6-4-9;;/h3-6,12,18,27H,7-8H2,1-2H3,(H,21,28)(H,29,30)(H,31,32);;/q;2*+1/p-2/t12?,18?,20-;;/m1../s1. The maximum atomic E-state index is 13.1. The van der Waals surface area contributed by atoms with Crippen molar-refractivity contribution in [2.45, 2.75) is 23.0 Å². The van der Waals surface area contributed by atoms with Crippen LogP contribution in [0.4, 0.5) is 0 Å². The summed E-state index contributed by atoms with van der Waals surface area (Å²) < 4.78 is 12.3. The summed E-state index contributed by atoms with van der Waals surface area (Å²) >= 11 is 1.10. The number of rotatable bonds is 9. The Kier molecular flexibility index (Phi) is 10.9. The molecule has 1 aromatic heterocycles. The number of thioether (sulfide) groups is 1. The average Bonchev–Trinajstić information content (AvgIpc) is 3.25. The quantitative estimate of drug-likeness (QED) is 0.0953. The molecular weight excluding hydrogens is 546 g/mol. The van der Waals surface area contributed by atoms with Crippen molar-refractivity contribution in [1.82, 2.24) is 30.4 Å². The van der Waals surface area contributed by atoms with E-state index < -0.39 is 47.3 Å². The number of aryl methyl sites for hydroxylation is 1. The number of tetrazole rings is 1. The molecule has 3 atom stereocenters. The van der Waals surface area contributed by atoms with Gasteiger partial charge in [0.2, 0.25) is 11.1 Å². The van der Waals surface area contributed by atoms with E-state index in [1.165, 1.54) is 28.9 Å². The Balaban J connectivity index is 0.00000253. The summed E-state index contributed by atoms with van der Waals surface area (Å²) in [5.74, 6) is -7.58. The Hall–Kier alpha value is -2.02. The second kappa shape index (κ2) is 12.9. The molecule has 0 saturated carbocycles. The van der Waals surface area contributed by atoms with E-state index in [2.05, 4.69) is 20.8 Å². The molecule has 2 aromatic rings. The molecule has 2 unspecified atom stereocenters. The number of methoxy groups -OCH3 is 1. The number of carboxylic acids is 2. The van der Waals surface area contributed by atoms with E-state index >= 15 is 0 Å². The van der Waals surface area contributed by atoms with Crippen LogP contribution in [0, 0.1) is 0 Å². The van der Waals surface area contributed by atoms with Gasteiger partial charge in [0.1, 0.15) is 11.7 Å². The summed E-state index contributed by atoms with van der Waals surface area (Å²) in [4.78, 5) is 50.5. The van der Waals surface area contributed by atoms with Crippen LogP contribution >= 0.6 is 11.8 Å². The molecule has 38 heavy (non-hydrogen) atoms. The fourth-order valence-corrected chi connectivity index (χ4v) is 4.70. The molecule has 1 saturated heterocycles. The topological polar surface area (TPSA) is 212 Å². The first-order valence-electron chi connectivity index (χ1n) is 10.2. The van der Waals surface area contributed by atoms with Crippen molar-refractivity contribution in [2.24, 2.45) is 7.05 Å². The number of fused-ring (bicyclic) bond motifs is 1. The molecule has 0 spiro atoms. The van der Waals surface area contributed by atoms with E-state index in [0.717, 1.165) is 23.8 Å². The zero-order chi connectivity index (χ0) is 26.2. The number of ether oxygens (including phenoxy) is 2. The van der Waals surface area contributed by atoms with Gasteiger partial charge in [-0.25, -0.2) is 4.68 Å². The van der Waals surface area contributed by atoms with Crippen LogP contribution in [0.2, 0.25) is 0 Å². The molecule has 0 aliphatic carbocycles. The van der Waals surface area contributed by atoms with Gasteiger partial charge in [-0.15, -0.1) is 5.10 Å². The smallest absolute Gasteiger partial charge is 0.549 e. The Bertz CT molecular complexity index is 1270. The normalized spacial score (nSPS) is 20.8. The summed E-state index contributed by atoms with van der Waals surface area (Å²) in [6.07, 6.45) is -1.42. The minimum atomic E-state index is -2.20. The third-order valence-corrected chi connectivity index (χ3v) is 6.71. The minimum Gasteiger partial charge on any atom is -0.549 e. The number of phenolic OH excluding ortho intramolecular Hbond substituents is 1. The predicted molar refractivity (Wildman–Crippen MR) is 112 cm³/mol. The SMILES string of the molecule is CO[C@]1(NC(=O)C(C(=O)[O-])c2ccc(O)cc2)C(=O)N2C(C(=O)[O-])=C(CSc3nnnn3C)COC21.[Na+].[Na+]. The maximum Gasteiger partial charge on any atom is 1.00 e. The first-order chi connectivity index (χ1) is 17.1. The van der Waals surface area contributed by atoms with Crippen molar-refractivity contribution in [2.75, 3.05) is 19.5 Å². The van der Waals surface area contributed by atoms with Crippen molar-refractivity contribution in [3.63, 3.8) is 0 Å². The molecule has 18 heteroatoms. The summed E-state index contributed by atoms with van der Waals surface area (Å²) in [5.41, 5.74) is -2.50. The van der Waals surface area contributed by atoms with Crippen LogP contribution in [0.15, 0.2) is 40.7 Å². The monoisotopic (exact) mass is 564 g/mol. The molecule has 3 heterocycles. The minimum absolute atomic E-state index is 0. The summed E-state index contributed by atoms with van der Waals surface area (Å²) in [7, 11) is 2.67. The number of hydrogen-bond donors (Lipinski definition) is 2. The molecule has 15 nitrogen and oxygen atoms in total. The average molecular weight is 564 g/mol. The van der Waals surface area contributed by atoms with Gasteiger partial charge in [0.25, 0.3) is 11.6 Å². The maximum absolute atomic E-state index is 13.1. The van der Waals surface area contributed by atoms with E-state index in [1.54, 1.807) is 7.05 Å². The Morgan fingerprint density at radius 2 is 1.95 bits per heavy atom. The van der Waals surface area contributed by atoms with Crippen LogP contribution in [0.3, 0.4) is 0 Å². The van der Waals surface area contributed by atoms with Crippen LogP contribution in [0.1, 0.15) is 11.5 Å². The number of hydrogen-bond acceptors (Lipinski definition) is 13. The molecule has 2 amide bonds. The first kappa shape index (κ1) is 32.2. The third-order valence-electron chi connectivity index (χ3n) is 5.62. The molecule has 2 aliphatic heterocycles. The van der Waals surface area contributed by atoms with Crippen LogP contribution in [-0.2, 0) is 35.7 Å². The number of amides is 2. The van der Waals surface area contributed by atoms with E-state index in [-0.39, 0.29) is 88.4 Å². The zero-order valence-corrected chi connectivity index (χ0v) is 25.6. The number of benzene rings is 1. The van der Waals surface area contributed by atoms with Gasteiger partial charge in [-0.2, -0.15) is 0 Å². The zero-order valence-electron chi connectivity index (χ0n) is 20.7. The van der Waals surface area contributed by atoms with Gasteiger partial charge in [0.05, 0.1) is 24.2 Å². The summed E-state index contributed by atoms with van der Waals surface area (Å²) in [5, 5.41) is 46.7. The second-order valence-electron chi connectivity index (χ2n) is 7.72. The number of carbonyl (C=O) groups excluding carboxylic acids is 4. The Morgan fingerprint density at radius 1 is 1.29 bits per heavy atom. The van der Waals surface area contributed by atoms with Crippen molar-refractivity contribution < 1.29 is 103 Å². The molecule has 1 aromatic carbocycles. The van der Waals surface area contributed by atoms with Crippen LogP contribution in [0.5, 0.6) is 5.75 Å². The van der Waals surface area contributed by atoms with E-state index in [9.17, 15) is 34.5 Å². The molecular formula is C20H18N6Na2O9S. The fourth-order valence-electron chi connectivity index (χ4n) is 3.85. The number of nitrogens with one attached hydrogen (secondary N) is 1. The molecule has 0 radical (unpaired) electrons. The number of nitrogens with zero attached hydrogens (tertiary/aromatic N) is 5. The number of phenols is 1. The molecule has 2 N–H and O–H groups in total. The van der Waals surface area contributed by atoms with Gasteiger partial charge in [-0.05, 0) is 33.7 Å². The van der Waals surface area contributed by atoms with Gasteiger partial charge in [0, 0.05) is 19.9 Å². The van der Waals surface area contributed by atoms with E-state index in [0.29, 0.717) is 5.16 Å².